The van der Waals surface area contributed by atoms with E-state index in [0.717, 1.165) is 5.56 Å². The third kappa shape index (κ3) is 2.38. The topological polar surface area (TPSA) is 72.6 Å². The number of nitrogens with zero attached hydrogens (tertiary/aromatic N) is 1. The van der Waals surface area contributed by atoms with Crippen molar-refractivity contribution in [2.45, 2.75) is 6.61 Å². The molecule has 0 atom stereocenters. The fourth-order valence-electron chi connectivity index (χ4n) is 1.16. The van der Waals surface area contributed by atoms with Crippen LogP contribution in [-0.2, 0) is 6.61 Å². The Kier molecular flexibility index (Phi) is 2.86. The first-order valence-electron chi connectivity index (χ1n) is 4.60. The van der Waals surface area contributed by atoms with Gasteiger partial charge in [0, 0.05) is 5.56 Å². The van der Waals surface area contributed by atoms with E-state index in [-0.39, 0.29) is 5.56 Å². The van der Waals surface area contributed by atoms with Crippen LogP contribution in [0.15, 0.2) is 41.2 Å². The quantitative estimate of drug-likeness (QED) is 0.850. The van der Waals surface area contributed by atoms with Crippen molar-refractivity contribution in [1.82, 2.24) is 5.16 Å². The lowest BCUT2D eigenvalue weighted by Crippen LogP contribution is -1.97. The summed E-state index contributed by atoms with van der Waals surface area (Å²) in [5, 5.41) is 12.2. The van der Waals surface area contributed by atoms with Crippen molar-refractivity contribution in [3.8, 4) is 5.75 Å². The van der Waals surface area contributed by atoms with Gasteiger partial charge in [0.2, 0.25) is 0 Å². The minimum atomic E-state index is -0.953. The molecule has 0 aliphatic rings. The van der Waals surface area contributed by atoms with Gasteiger partial charge < -0.3 is 14.4 Å². The van der Waals surface area contributed by atoms with Crippen LogP contribution < -0.4 is 4.74 Å². The summed E-state index contributed by atoms with van der Waals surface area (Å²) in [5.74, 6) is -0.350. The number of rotatable bonds is 4. The van der Waals surface area contributed by atoms with Crippen molar-refractivity contribution >= 4 is 5.97 Å². The number of hydrogen-bond acceptors (Lipinski definition) is 4. The standard InChI is InChI=1S/C11H9NO4/c13-11(14)9-1-3-10(4-2-9)15-6-8-5-12-16-7-8/h1-5,7H,6H2,(H,13,14). The van der Waals surface area contributed by atoms with E-state index >= 15 is 0 Å². The van der Waals surface area contributed by atoms with Gasteiger partial charge in [0.15, 0.2) is 0 Å². The Morgan fingerprint density at radius 1 is 1.38 bits per heavy atom. The van der Waals surface area contributed by atoms with E-state index in [0.29, 0.717) is 12.4 Å². The number of aromatic carboxylic acids is 1. The molecule has 2 rings (SSSR count). The summed E-state index contributed by atoms with van der Waals surface area (Å²) in [5.41, 5.74) is 1.06. The van der Waals surface area contributed by atoms with Crippen LogP contribution in [0.1, 0.15) is 15.9 Å². The average molecular weight is 219 g/mol. The van der Waals surface area contributed by atoms with E-state index in [2.05, 4.69) is 9.68 Å². The molecule has 82 valence electrons. The van der Waals surface area contributed by atoms with Crippen molar-refractivity contribution < 1.29 is 19.2 Å². The summed E-state index contributed by atoms with van der Waals surface area (Å²) in [7, 11) is 0. The molecule has 0 aliphatic carbocycles. The molecule has 0 saturated carbocycles. The normalized spacial score (nSPS) is 10.0. The Hall–Kier alpha value is -2.30. The van der Waals surface area contributed by atoms with Crippen molar-refractivity contribution in [3.63, 3.8) is 0 Å². The highest BCUT2D eigenvalue weighted by Gasteiger charge is 2.02. The lowest BCUT2D eigenvalue weighted by Gasteiger charge is -2.03. The molecule has 0 fully saturated rings. The second-order valence-corrected chi connectivity index (χ2v) is 3.15. The van der Waals surface area contributed by atoms with Gasteiger partial charge in [0.1, 0.15) is 18.6 Å². The van der Waals surface area contributed by atoms with Crippen LogP contribution in [0.3, 0.4) is 0 Å². The summed E-state index contributed by atoms with van der Waals surface area (Å²) in [4.78, 5) is 10.6. The molecule has 1 heterocycles. The molecule has 2 aromatic rings. The Balaban J connectivity index is 1.98. The number of ether oxygens (including phenoxy) is 1. The molecule has 5 nitrogen and oxygen atoms in total. The number of carboxylic acid groups (broad SMARTS) is 1. The summed E-state index contributed by atoms with van der Waals surface area (Å²) in [6.45, 7) is 0.343. The third-order valence-corrected chi connectivity index (χ3v) is 1.99. The number of carboxylic acids is 1. The van der Waals surface area contributed by atoms with E-state index in [1.54, 1.807) is 18.3 Å². The SMILES string of the molecule is O=C(O)c1ccc(OCc2cnoc2)cc1. The molecule has 1 aromatic heterocycles. The van der Waals surface area contributed by atoms with Gasteiger partial charge >= 0.3 is 5.97 Å². The molecule has 0 bridgehead atoms. The second-order valence-electron chi connectivity index (χ2n) is 3.15. The van der Waals surface area contributed by atoms with Crippen LogP contribution in [0.2, 0.25) is 0 Å². The summed E-state index contributed by atoms with van der Waals surface area (Å²) in [6, 6.07) is 6.20. The van der Waals surface area contributed by atoms with E-state index < -0.39 is 5.97 Å². The Morgan fingerprint density at radius 3 is 2.69 bits per heavy atom. The van der Waals surface area contributed by atoms with Gasteiger partial charge in [-0.15, -0.1) is 0 Å². The number of hydrogen-bond donors (Lipinski definition) is 1. The Bertz CT molecular complexity index is 461. The molecular weight excluding hydrogens is 210 g/mol. The van der Waals surface area contributed by atoms with Crippen LogP contribution in [0.5, 0.6) is 5.75 Å². The van der Waals surface area contributed by atoms with Gasteiger partial charge in [0.05, 0.1) is 11.8 Å². The fraction of sp³-hybridized carbons (Fsp3) is 0.0909. The average Bonchev–Trinajstić information content (AvgIpc) is 2.80. The maximum absolute atomic E-state index is 10.6. The van der Waals surface area contributed by atoms with E-state index in [4.69, 9.17) is 9.84 Å². The number of carbonyl (C=O) groups is 1. The largest absolute Gasteiger partial charge is 0.489 e. The van der Waals surface area contributed by atoms with Crippen molar-refractivity contribution in [2.24, 2.45) is 0 Å². The zero-order chi connectivity index (χ0) is 11.4. The predicted octanol–water partition coefficient (Wildman–Crippen LogP) is 1.95. The third-order valence-electron chi connectivity index (χ3n) is 1.99. The lowest BCUT2D eigenvalue weighted by atomic mass is 10.2. The minimum absolute atomic E-state index is 0.234. The van der Waals surface area contributed by atoms with Crippen LogP contribution in [-0.4, -0.2) is 16.2 Å². The van der Waals surface area contributed by atoms with Crippen molar-refractivity contribution in [2.75, 3.05) is 0 Å². The number of aromatic nitrogens is 1. The molecule has 0 amide bonds. The zero-order valence-electron chi connectivity index (χ0n) is 8.29. The van der Waals surface area contributed by atoms with E-state index in [1.165, 1.54) is 18.4 Å². The maximum Gasteiger partial charge on any atom is 0.335 e. The Labute approximate surface area is 91.3 Å². The maximum atomic E-state index is 10.6. The lowest BCUT2D eigenvalue weighted by molar-refractivity contribution is 0.0697. The molecule has 0 saturated heterocycles. The van der Waals surface area contributed by atoms with Crippen molar-refractivity contribution in [3.05, 3.63) is 47.9 Å². The first kappa shape index (κ1) is 10.2. The van der Waals surface area contributed by atoms with Gasteiger partial charge in [-0.3, -0.25) is 0 Å². The second kappa shape index (κ2) is 4.48. The number of benzene rings is 1. The molecule has 0 unspecified atom stereocenters. The van der Waals surface area contributed by atoms with Crippen LogP contribution >= 0.6 is 0 Å². The van der Waals surface area contributed by atoms with E-state index in [1.807, 2.05) is 0 Å². The summed E-state index contributed by atoms with van der Waals surface area (Å²) < 4.78 is 10.0. The van der Waals surface area contributed by atoms with Gasteiger partial charge in [-0.2, -0.15) is 0 Å². The molecule has 16 heavy (non-hydrogen) atoms. The Morgan fingerprint density at radius 2 is 2.12 bits per heavy atom. The molecule has 0 aliphatic heterocycles. The molecule has 1 aromatic carbocycles. The zero-order valence-corrected chi connectivity index (χ0v) is 8.29. The molecule has 0 radical (unpaired) electrons. The molecule has 1 N–H and O–H groups in total. The highest BCUT2D eigenvalue weighted by Crippen LogP contribution is 2.13. The van der Waals surface area contributed by atoms with E-state index in [9.17, 15) is 4.79 Å². The summed E-state index contributed by atoms with van der Waals surface area (Å²) in [6.07, 6.45) is 3.05. The van der Waals surface area contributed by atoms with Crippen LogP contribution in [0, 0.1) is 0 Å². The molecular formula is C11H9NO4. The van der Waals surface area contributed by atoms with Gasteiger partial charge in [-0.1, -0.05) is 5.16 Å². The minimum Gasteiger partial charge on any atom is -0.489 e. The highest BCUT2D eigenvalue weighted by molar-refractivity contribution is 5.87. The molecule has 5 heteroatoms. The summed E-state index contributed by atoms with van der Waals surface area (Å²) >= 11 is 0. The monoisotopic (exact) mass is 219 g/mol. The van der Waals surface area contributed by atoms with Crippen molar-refractivity contribution in [1.29, 1.82) is 0 Å². The fourth-order valence-corrected chi connectivity index (χ4v) is 1.16. The smallest absolute Gasteiger partial charge is 0.335 e. The van der Waals surface area contributed by atoms with Gasteiger partial charge in [-0.25, -0.2) is 4.79 Å². The highest BCUT2D eigenvalue weighted by atomic mass is 16.5. The first-order valence-corrected chi connectivity index (χ1v) is 4.60. The van der Waals surface area contributed by atoms with Crippen LogP contribution in [0.4, 0.5) is 0 Å². The molecule has 0 spiro atoms. The van der Waals surface area contributed by atoms with Gasteiger partial charge in [-0.05, 0) is 24.3 Å². The van der Waals surface area contributed by atoms with Gasteiger partial charge in [0.25, 0.3) is 0 Å². The predicted molar refractivity (Wildman–Crippen MR) is 54.2 cm³/mol. The first-order chi connectivity index (χ1) is 7.75. The van der Waals surface area contributed by atoms with Crippen LogP contribution in [0.25, 0.3) is 0 Å².